The highest BCUT2D eigenvalue weighted by Gasteiger charge is 2.26. The summed E-state index contributed by atoms with van der Waals surface area (Å²) in [5.41, 5.74) is 7.89. The van der Waals surface area contributed by atoms with Gasteiger partial charge in [-0.2, -0.15) is 0 Å². The maximum Gasteiger partial charge on any atom is 0.251 e. The van der Waals surface area contributed by atoms with Crippen LogP contribution in [0.2, 0.25) is 0 Å². The first kappa shape index (κ1) is 17.4. The standard InChI is InChI=1S/C18H21N3O3S/c1-21-8-7-13-14(10-21)25-18(16(13)17(19)23)20-15(22)9-11-3-5-12(24-2)6-4-11/h3-6H,7-10H2,1-2H3,(H2,19,23)(H,20,22). The third-order valence-electron chi connectivity index (χ3n) is 4.27. The summed E-state index contributed by atoms with van der Waals surface area (Å²) in [6.07, 6.45) is 1.000. The second-order valence-electron chi connectivity index (χ2n) is 6.13. The van der Waals surface area contributed by atoms with E-state index in [2.05, 4.69) is 10.2 Å². The van der Waals surface area contributed by atoms with Gasteiger partial charge in [-0.15, -0.1) is 11.3 Å². The molecule has 0 saturated carbocycles. The smallest absolute Gasteiger partial charge is 0.251 e. The van der Waals surface area contributed by atoms with Gasteiger partial charge in [-0.05, 0) is 36.7 Å². The summed E-state index contributed by atoms with van der Waals surface area (Å²) in [6.45, 7) is 1.65. The Labute approximate surface area is 150 Å². The van der Waals surface area contributed by atoms with Crippen molar-refractivity contribution in [1.82, 2.24) is 4.90 Å². The van der Waals surface area contributed by atoms with E-state index in [4.69, 9.17) is 10.5 Å². The third-order valence-corrected chi connectivity index (χ3v) is 5.40. The lowest BCUT2D eigenvalue weighted by atomic mass is 10.0. The highest BCUT2D eigenvalue weighted by molar-refractivity contribution is 7.17. The second kappa shape index (κ2) is 7.25. The summed E-state index contributed by atoms with van der Waals surface area (Å²) in [4.78, 5) is 27.6. The van der Waals surface area contributed by atoms with Crippen molar-refractivity contribution in [2.45, 2.75) is 19.4 Å². The molecule has 3 rings (SSSR count). The summed E-state index contributed by atoms with van der Waals surface area (Å²) in [6, 6.07) is 7.33. The SMILES string of the molecule is COc1ccc(CC(=O)Nc2sc3c(c2C(N)=O)CCN(C)C3)cc1. The van der Waals surface area contributed by atoms with E-state index >= 15 is 0 Å². The van der Waals surface area contributed by atoms with Gasteiger partial charge in [0, 0.05) is 18.0 Å². The number of methoxy groups -OCH3 is 1. The predicted octanol–water partition coefficient (Wildman–Crippen LogP) is 2.02. The molecule has 0 radical (unpaired) electrons. The van der Waals surface area contributed by atoms with Crippen LogP contribution in [0.1, 0.15) is 26.4 Å². The summed E-state index contributed by atoms with van der Waals surface area (Å²) < 4.78 is 5.11. The number of hydrogen-bond donors (Lipinski definition) is 2. The van der Waals surface area contributed by atoms with E-state index in [1.54, 1.807) is 7.11 Å². The molecule has 7 heteroatoms. The van der Waals surface area contributed by atoms with E-state index in [0.717, 1.165) is 41.3 Å². The van der Waals surface area contributed by atoms with Crippen molar-refractivity contribution in [2.24, 2.45) is 5.73 Å². The largest absolute Gasteiger partial charge is 0.497 e. The van der Waals surface area contributed by atoms with Crippen LogP contribution < -0.4 is 15.8 Å². The lowest BCUT2D eigenvalue weighted by Crippen LogP contribution is -2.27. The normalized spacial score (nSPS) is 14.0. The second-order valence-corrected chi connectivity index (χ2v) is 7.24. The van der Waals surface area contributed by atoms with Crippen LogP contribution in [-0.2, 0) is 24.2 Å². The average Bonchev–Trinajstić information content (AvgIpc) is 2.92. The van der Waals surface area contributed by atoms with Crippen molar-refractivity contribution in [3.8, 4) is 5.75 Å². The maximum atomic E-state index is 12.4. The van der Waals surface area contributed by atoms with Gasteiger partial charge in [0.1, 0.15) is 10.8 Å². The summed E-state index contributed by atoms with van der Waals surface area (Å²) >= 11 is 1.44. The minimum atomic E-state index is -0.484. The van der Waals surface area contributed by atoms with E-state index in [9.17, 15) is 9.59 Å². The van der Waals surface area contributed by atoms with Gasteiger partial charge in [-0.3, -0.25) is 9.59 Å². The van der Waals surface area contributed by atoms with Crippen LogP contribution in [0, 0.1) is 0 Å². The van der Waals surface area contributed by atoms with E-state index in [1.807, 2.05) is 31.3 Å². The molecule has 0 unspecified atom stereocenters. The zero-order valence-corrected chi connectivity index (χ0v) is 15.1. The molecule has 0 bridgehead atoms. The van der Waals surface area contributed by atoms with Crippen LogP contribution in [0.25, 0.3) is 0 Å². The number of fused-ring (bicyclic) bond motifs is 1. The molecule has 3 N–H and O–H groups in total. The molecule has 1 aromatic heterocycles. The molecule has 0 spiro atoms. The van der Waals surface area contributed by atoms with Crippen molar-refractivity contribution in [3.05, 3.63) is 45.8 Å². The summed E-state index contributed by atoms with van der Waals surface area (Å²) in [5, 5.41) is 3.43. The van der Waals surface area contributed by atoms with Crippen LogP contribution in [0.5, 0.6) is 5.75 Å². The minimum Gasteiger partial charge on any atom is -0.497 e. The van der Waals surface area contributed by atoms with Crippen molar-refractivity contribution in [3.63, 3.8) is 0 Å². The van der Waals surface area contributed by atoms with Crippen LogP contribution in [-0.4, -0.2) is 37.4 Å². The highest BCUT2D eigenvalue weighted by atomic mass is 32.1. The van der Waals surface area contributed by atoms with Gasteiger partial charge in [0.05, 0.1) is 19.1 Å². The molecule has 0 saturated heterocycles. The van der Waals surface area contributed by atoms with E-state index in [1.165, 1.54) is 11.3 Å². The Bertz CT molecular complexity index is 799. The molecular formula is C18H21N3O3S. The predicted molar refractivity (Wildman–Crippen MR) is 98.2 cm³/mol. The molecule has 2 amide bonds. The van der Waals surface area contributed by atoms with Crippen LogP contribution >= 0.6 is 11.3 Å². The molecule has 2 heterocycles. The van der Waals surface area contributed by atoms with Gasteiger partial charge in [0.2, 0.25) is 5.91 Å². The summed E-state index contributed by atoms with van der Waals surface area (Å²) in [5.74, 6) is 0.0941. The number of nitrogens with two attached hydrogens (primary N) is 1. The number of anilines is 1. The van der Waals surface area contributed by atoms with Gasteiger partial charge in [0.25, 0.3) is 5.91 Å². The molecule has 1 aliphatic heterocycles. The Kier molecular flexibility index (Phi) is 5.06. The Hall–Kier alpha value is -2.38. The minimum absolute atomic E-state index is 0.167. The fraction of sp³-hybridized carbons (Fsp3) is 0.333. The van der Waals surface area contributed by atoms with E-state index in [-0.39, 0.29) is 12.3 Å². The number of benzene rings is 1. The number of primary amides is 1. The Balaban J connectivity index is 1.77. The van der Waals surface area contributed by atoms with Gasteiger partial charge in [-0.25, -0.2) is 0 Å². The number of amides is 2. The number of hydrogen-bond acceptors (Lipinski definition) is 5. The molecule has 6 nitrogen and oxygen atoms in total. The summed E-state index contributed by atoms with van der Waals surface area (Å²) in [7, 11) is 3.64. The first-order valence-corrected chi connectivity index (χ1v) is 8.85. The molecule has 0 fully saturated rings. The zero-order valence-electron chi connectivity index (χ0n) is 14.3. The van der Waals surface area contributed by atoms with Crippen LogP contribution in [0.3, 0.4) is 0 Å². The van der Waals surface area contributed by atoms with Gasteiger partial charge in [0.15, 0.2) is 0 Å². The highest BCUT2D eigenvalue weighted by Crippen LogP contribution is 2.36. The fourth-order valence-corrected chi connectivity index (χ4v) is 4.33. The van der Waals surface area contributed by atoms with Crippen molar-refractivity contribution < 1.29 is 14.3 Å². The molecule has 25 heavy (non-hydrogen) atoms. The van der Waals surface area contributed by atoms with Gasteiger partial charge < -0.3 is 20.7 Å². The van der Waals surface area contributed by atoms with Crippen molar-refractivity contribution >= 4 is 28.2 Å². The lowest BCUT2D eigenvalue weighted by molar-refractivity contribution is -0.115. The number of nitrogens with zero attached hydrogens (tertiary/aromatic N) is 1. The van der Waals surface area contributed by atoms with E-state index < -0.39 is 5.91 Å². The molecule has 0 atom stereocenters. The topological polar surface area (TPSA) is 84.7 Å². The zero-order chi connectivity index (χ0) is 18.0. The molecule has 1 aromatic carbocycles. The first-order valence-electron chi connectivity index (χ1n) is 8.03. The average molecular weight is 359 g/mol. The number of carbonyl (C=O) groups is 2. The lowest BCUT2D eigenvalue weighted by Gasteiger charge is -2.22. The molecule has 0 aliphatic carbocycles. The Morgan fingerprint density at radius 3 is 2.68 bits per heavy atom. The Morgan fingerprint density at radius 2 is 2.04 bits per heavy atom. The Morgan fingerprint density at radius 1 is 1.32 bits per heavy atom. The number of carbonyl (C=O) groups excluding carboxylic acids is 2. The maximum absolute atomic E-state index is 12.4. The van der Waals surface area contributed by atoms with Crippen molar-refractivity contribution in [2.75, 3.05) is 26.0 Å². The quantitative estimate of drug-likeness (QED) is 0.855. The van der Waals surface area contributed by atoms with Crippen LogP contribution in [0.15, 0.2) is 24.3 Å². The number of ether oxygens (including phenoxy) is 1. The fourth-order valence-electron chi connectivity index (χ4n) is 2.98. The monoisotopic (exact) mass is 359 g/mol. The number of thiophene rings is 1. The molecule has 132 valence electrons. The van der Waals surface area contributed by atoms with E-state index in [0.29, 0.717) is 10.6 Å². The number of rotatable bonds is 5. The van der Waals surface area contributed by atoms with Gasteiger partial charge >= 0.3 is 0 Å². The number of likely N-dealkylation sites (N-methyl/N-ethyl adjacent to an activating group) is 1. The van der Waals surface area contributed by atoms with Crippen LogP contribution in [0.4, 0.5) is 5.00 Å². The van der Waals surface area contributed by atoms with Crippen molar-refractivity contribution in [1.29, 1.82) is 0 Å². The number of nitrogens with one attached hydrogen (secondary N) is 1. The first-order chi connectivity index (χ1) is 12.0. The third kappa shape index (κ3) is 3.83. The molecule has 2 aromatic rings. The molecule has 1 aliphatic rings. The molecular weight excluding hydrogens is 338 g/mol. The van der Waals surface area contributed by atoms with Gasteiger partial charge in [-0.1, -0.05) is 12.1 Å².